The number of esters is 1. The molecule has 0 radical (unpaired) electrons. The van der Waals surface area contributed by atoms with Crippen LogP contribution in [0.25, 0.3) is 0 Å². The van der Waals surface area contributed by atoms with Gasteiger partial charge in [-0.15, -0.1) is 0 Å². The van der Waals surface area contributed by atoms with Gasteiger partial charge in [0.15, 0.2) is 0 Å². The molecule has 0 amide bonds. The second-order valence-electron chi connectivity index (χ2n) is 13.4. The van der Waals surface area contributed by atoms with Crippen LogP contribution in [0.2, 0.25) is 0 Å². The van der Waals surface area contributed by atoms with Crippen LogP contribution in [-0.2, 0) is 34.1 Å². The predicted molar refractivity (Wildman–Crippen MR) is 164 cm³/mol. The molecule has 3 saturated heterocycles. The van der Waals surface area contributed by atoms with Crippen LogP contribution in [0.1, 0.15) is 82.8 Å². The fraction of sp³-hybridized carbons (Fsp3) is 0.583. The highest BCUT2D eigenvalue weighted by atomic mass is 16.8. The molecule has 4 fully saturated rings. The Kier molecular flexibility index (Phi) is 10.8. The molecule has 45 heavy (non-hydrogen) atoms. The van der Waals surface area contributed by atoms with Gasteiger partial charge in [0.1, 0.15) is 6.10 Å². The summed E-state index contributed by atoms with van der Waals surface area (Å²) < 4.78 is 25.9. The highest BCUT2D eigenvalue weighted by Gasteiger charge is 2.57. The number of ether oxygens (including phenoxy) is 4. The van der Waals surface area contributed by atoms with Gasteiger partial charge in [-0.05, 0) is 29.9 Å². The first-order chi connectivity index (χ1) is 21.8. The SMILES string of the molecule is CC(C)COC(=O)OC(OC(C(=O)OC1CC2CCC(C1)[N+]21CCCC1)(c1ccccc1)c1ccccc1)C1CCC1.O=C[O-]. The lowest BCUT2D eigenvalue weighted by Gasteiger charge is -2.47. The molecule has 2 aromatic carbocycles. The fourth-order valence-electron chi connectivity index (χ4n) is 7.94. The number of hydrogen-bond acceptors (Lipinski definition) is 8. The molecule has 3 aliphatic heterocycles. The summed E-state index contributed by atoms with van der Waals surface area (Å²) in [6.45, 7) is 6.24. The number of rotatable bonds is 10. The van der Waals surface area contributed by atoms with E-state index in [1.54, 1.807) is 0 Å². The molecule has 6 rings (SSSR count). The minimum Gasteiger partial charge on any atom is -0.554 e. The Morgan fingerprint density at radius 1 is 0.889 bits per heavy atom. The first-order valence-corrected chi connectivity index (χ1v) is 16.6. The summed E-state index contributed by atoms with van der Waals surface area (Å²) in [4.78, 5) is 35.8. The van der Waals surface area contributed by atoms with E-state index in [1.807, 2.05) is 74.5 Å². The summed E-state index contributed by atoms with van der Waals surface area (Å²) in [5, 5.41) is 8.25. The van der Waals surface area contributed by atoms with E-state index in [-0.39, 0.29) is 24.5 Å². The zero-order chi connectivity index (χ0) is 31.9. The van der Waals surface area contributed by atoms with Crippen LogP contribution in [0.15, 0.2) is 60.7 Å². The third kappa shape index (κ3) is 7.04. The monoisotopic (exact) mass is 621 g/mol. The molecule has 9 nitrogen and oxygen atoms in total. The summed E-state index contributed by atoms with van der Waals surface area (Å²) in [6.07, 6.45) is 7.67. The Balaban J connectivity index is 0.00000128. The van der Waals surface area contributed by atoms with Crippen LogP contribution in [-0.4, -0.2) is 67.3 Å². The third-order valence-electron chi connectivity index (χ3n) is 10.3. The maximum absolute atomic E-state index is 14.7. The quantitative estimate of drug-likeness (QED) is 0.156. The molecule has 1 spiro atoms. The normalized spacial score (nSPS) is 24.2. The van der Waals surface area contributed by atoms with Crippen LogP contribution >= 0.6 is 0 Å². The number of quaternary nitrogens is 1. The van der Waals surface area contributed by atoms with Crippen molar-refractivity contribution in [2.75, 3.05) is 19.7 Å². The number of carbonyl (C=O) groups excluding carboxylic acids is 3. The number of piperidine rings is 1. The van der Waals surface area contributed by atoms with Gasteiger partial charge in [0.25, 0.3) is 0 Å². The van der Waals surface area contributed by atoms with E-state index in [4.69, 9.17) is 28.8 Å². The smallest absolute Gasteiger partial charge is 0.510 e. The summed E-state index contributed by atoms with van der Waals surface area (Å²) >= 11 is 0. The summed E-state index contributed by atoms with van der Waals surface area (Å²) in [5.41, 5.74) is -0.282. The lowest BCUT2D eigenvalue weighted by Crippen LogP contribution is -2.60. The van der Waals surface area contributed by atoms with Gasteiger partial charge >= 0.3 is 12.1 Å². The van der Waals surface area contributed by atoms with Gasteiger partial charge in [-0.2, -0.15) is 0 Å². The van der Waals surface area contributed by atoms with Crippen LogP contribution in [0.3, 0.4) is 0 Å². The van der Waals surface area contributed by atoms with Crippen molar-refractivity contribution in [2.45, 2.75) is 102 Å². The number of carboxylic acid groups (broad SMARTS) is 1. The van der Waals surface area contributed by atoms with Gasteiger partial charge in [0, 0.05) is 50.9 Å². The van der Waals surface area contributed by atoms with Crippen molar-refractivity contribution in [1.82, 2.24) is 0 Å². The van der Waals surface area contributed by atoms with Crippen LogP contribution in [0.4, 0.5) is 4.79 Å². The molecular weight excluding hydrogens is 574 g/mol. The molecule has 0 aromatic heterocycles. The topological polar surface area (TPSA) is 111 Å². The van der Waals surface area contributed by atoms with E-state index in [9.17, 15) is 9.59 Å². The number of benzene rings is 2. The van der Waals surface area contributed by atoms with E-state index in [0.717, 1.165) is 32.1 Å². The Morgan fingerprint density at radius 3 is 1.89 bits per heavy atom. The number of nitrogens with zero attached hydrogens (tertiary/aromatic N) is 1. The van der Waals surface area contributed by atoms with Crippen molar-refractivity contribution in [3.63, 3.8) is 0 Å². The molecule has 3 atom stereocenters. The average molecular weight is 622 g/mol. The minimum absolute atomic E-state index is 0.0266. The molecular formula is C36H47NO8. The maximum Gasteiger partial charge on any atom is 0.510 e. The van der Waals surface area contributed by atoms with Crippen LogP contribution < -0.4 is 5.11 Å². The van der Waals surface area contributed by atoms with E-state index >= 15 is 0 Å². The summed E-state index contributed by atoms with van der Waals surface area (Å²) in [6, 6.07) is 20.2. The molecule has 4 aliphatic rings. The fourth-order valence-corrected chi connectivity index (χ4v) is 7.94. The average Bonchev–Trinajstić information content (AvgIpc) is 3.55. The number of hydrogen-bond donors (Lipinski definition) is 0. The van der Waals surface area contributed by atoms with Gasteiger partial charge in [0.05, 0.1) is 31.8 Å². The van der Waals surface area contributed by atoms with Gasteiger partial charge in [-0.3, -0.25) is 0 Å². The van der Waals surface area contributed by atoms with Gasteiger partial charge < -0.3 is 33.3 Å². The van der Waals surface area contributed by atoms with E-state index in [0.29, 0.717) is 23.2 Å². The highest BCUT2D eigenvalue weighted by Crippen LogP contribution is 2.47. The Hall–Kier alpha value is -3.43. The maximum atomic E-state index is 14.7. The zero-order valence-electron chi connectivity index (χ0n) is 26.5. The molecule has 244 valence electrons. The molecule has 0 N–H and O–H groups in total. The van der Waals surface area contributed by atoms with Crippen molar-refractivity contribution in [3.8, 4) is 0 Å². The van der Waals surface area contributed by atoms with Crippen molar-refractivity contribution >= 4 is 18.6 Å². The molecule has 1 saturated carbocycles. The molecule has 2 bridgehead atoms. The Labute approximate surface area is 266 Å². The van der Waals surface area contributed by atoms with Crippen molar-refractivity contribution in [1.29, 1.82) is 0 Å². The minimum atomic E-state index is -1.60. The molecule has 2 aromatic rings. The molecule has 3 unspecified atom stereocenters. The second kappa shape index (κ2) is 14.8. The first-order valence-electron chi connectivity index (χ1n) is 16.6. The second-order valence-corrected chi connectivity index (χ2v) is 13.4. The van der Waals surface area contributed by atoms with Crippen LogP contribution in [0.5, 0.6) is 0 Å². The molecule has 3 heterocycles. The third-order valence-corrected chi connectivity index (χ3v) is 10.3. The lowest BCUT2D eigenvalue weighted by atomic mass is 9.82. The predicted octanol–water partition coefficient (Wildman–Crippen LogP) is 5.10. The van der Waals surface area contributed by atoms with Gasteiger partial charge in [-0.1, -0.05) is 80.9 Å². The van der Waals surface area contributed by atoms with Gasteiger partial charge in [0.2, 0.25) is 11.9 Å². The van der Waals surface area contributed by atoms with E-state index in [2.05, 4.69) is 0 Å². The largest absolute Gasteiger partial charge is 0.554 e. The van der Waals surface area contributed by atoms with E-state index < -0.39 is 30.5 Å². The number of carbonyl (C=O) groups is 3. The summed E-state index contributed by atoms with van der Waals surface area (Å²) in [5.74, 6) is -0.292. The van der Waals surface area contributed by atoms with Crippen molar-refractivity contribution < 1.29 is 42.9 Å². The molecule has 9 heteroatoms. The molecule has 1 aliphatic carbocycles. The zero-order valence-corrected chi connectivity index (χ0v) is 26.5. The Morgan fingerprint density at radius 2 is 1.42 bits per heavy atom. The standard InChI is InChI=1S/C35H46NO6.CH2O2/c1-25(2)24-39-34(38)41-32(26-12-11-13-26)42-35(27-14-5-3-6-15-27,28-16-7-4-8-17-28)33(37)40-31-22-29-18-19-30(23-31)36(29)20-9-10-21-36;2-1-3/h3-8,14-17,25-26,29-32H,9-13,18-24H2,1-2H3;1H,(H,2,3)/q+1;/p-1. The Bertz CT molecular complexity index is 1200. The summed E-state index contributed by atoms with van der Waals surface area (Å²) in [7, 11) is 0. The van der Waals surface area contributed by atoms with E-state index in [1.165, 1.54) is 43.3 Å². The van der Waals surface area contributed by atoms with Gasteiger partial charge in [-0.25, -0.2) is 9.59 Å². The van der Waals surface area contributed by atoms with Crippen molar-refractivity contribution in [2.24, 2.45) is 11.8 Å². The van der Waals surface area contributed by atoms with Crippen LogP contribution in [0, 0.1) is 11.8 Å². The lowest BCUT2D eigenvalue weighted by molar-refractivity contribution is -0.956. The van der Waals surface area contributed by atoms with Crippen molar-refractivity contribution in [3.05, 3.63) is 71.8 Å². The highest BCUT2D eigenvalue weighted by molar-refractivity contribution is 5.86. The first kappa shape index (κ1) is 32.9.